The standard InChI is InChI=1S/C14H13O8P/c1-8(15)21-10(14(19)23-20)7-11(16)22-12(13(17)18)9-5-3-2-4-6-9/h2-6,10,12H,7H2,1H3,(H,17,18)/t10-,12-/m0/s1. The summed E-state index contributed by atoms with van der Waals surface area (Å²) in [6, 6.07) is 7.71. The summed E-state index contributed by atoms with van der Waals surface area (Å²) in [6.07, 6.45) is -3.89. The summed E-state index contributed by atoms with van der Waals surface area (Å²) in [5, 5.41) is 9.13. The van der Waals surface area contributed by atoms with E-state index >= 15 is 0 Å². The van der Waals surface area contributed by atoms with Gasteiger partial charge in [-0.25, -0.2) is 4.79 Å². The van der Waals surface area contributed by atoms with Crippen LogP contribution in [0.2, 0.25) is 0 Å². The van der Waals surface area contributed by atoms with Crippen molar-refractivity contribution >= 4 is 31.9 Å². The highest BCUT2D eigenvalue weighted by Crippen LogP contribution is 2.19. The summed E-state index contributed by atoms with van der Waals surface area (Å²) in [7, 11) is -0.933. The van der Waals surface area contributed by atoms with Crippen LogP contribution in [0.15, 0.2) is 30.3 Å². The molecular formula is C14H13O8P. The molecule has 8 nitrogen and oxygen atoms in total. The minimum absolute atomic E-state index is 0.227. The van der Waals surface area contributed by atoms with Crippen molar-refractivity contribution < 1.29 is 38.3 Å². The molecule has 122 valence electrons. The van der Waals surface area contributed by atoms with Crippen LogP contribution in [0.5, 0.6) is 0 Å². The van der Waals surface area contributed by atoms with E-state index in [9.17, 15) is 23.7 Å². The van der Waals surface area contributed by atoms with Gasteiger partial charge in [-0.05, 0) is 0 Å². The number of carboxylic acid groups (broad SMARTS) is 1. The van der Waals surface area contributed by atoms with Crippen LogP contribution in [0.25, 0.3) is 0 Å². The first kappa shape index (κ1) is 18.4. The van der Waals surface area contributed by atoms with E-state index in [0.29, 0.717) is 0 Å². The van der Waals surface area contributed by atoms with Crippen molar-refractivity contribution in [3.8, 4) is 0 Å². The number of ether oxygens (including phenoxy) is 2. The number of aliphatic carboxylic acids is 1. The Labute approximate surface area is 132 Å². The minimum Gasteiger partial charge on any atom is -0.478 e. The number of carbonyl (C=O) groups excluding carboxylic acids is 3. The van der Waals surface area contributed by atoms with Crippen LogP contribution in [0, 0.1) is 0 Å². The Hall–Kier alpha value is -2.60. The van der Waals surface area contributed by atoms with Crippen molar-refractivity contribution in [2.75, 3.05) is 0 Å². The topological polar surface area (TPSA) is 124 Å². The fraction of sp³-hybridized carbons (Fsp3) is 0.286. The zero-order chi connectivity index (χ0) is 17.4. The summed E-state index contributed by atoms with van der Waals surface area (Å²) in [6.45, 7) is 1.01. The van der Waals surface area contributed by atoms with Gasteiger partial charge >= 0.3 is 17.9 Å². The Kier molecular flexibility index (Phi) is 7.02. The molecule has 9 heteroatoms. The number of esters is 2. The maximum Gasteiger partial charge on any atom is 0.349 e. The highest BCUT2D eigenvalue weighted by atomic mass is 31.1. The van der Waals surface area contributed by atoms with Crippen molar-refractivity contribution in [2.24, 2.45) is 0 Å². The lowest BCUT2D eigenvalue weighted by Gasteiger charge is -2.16. The maximum atomic E-state index is 11.8. The first-order chi connectivity index (χ1) is 10.8. The first-order valence-electron chi connectivity index (χ1n) is 6.36. The first-order valence-corrected chi connectivity index (χ1v) is 7.18. The Morgan fingerprint density at radius 3 is 2.22 bits per heavy atom. The van der Waals surface area contributed by atoms with Crippen molar-refractivity contribution in [1.29, 1.82) is 0 Å². The van der Waals surface area contributed by atoms with Crippen molar-refractivity contribution in [3.05, 3.63) is 35.9 Å². The van der Waals surface area contributed by atoms with E-state index in [4.69, 9.17) is 9.84 Å². The summed E-state index contributed by atoms with van der Waals surface area (Å²) >= 11 is 0. The molecule has 1 aromatic rings. The fourth-order valence-corrected chi connectivity index (χ4v) is 1.92. The van der Waals surface area contributed by atoms with Crippen LogP contribution >= 0.6 is 8.46 Å². The van der Waals surface area contributed by atoms with Crippen molar-refractivity contribution in [1.82, 2.24) is 0 Å². The Morgan fingerprint density at radius 2 is 1.74 bits per heavy atom. The van der Waals surface area contributed by atoms with Crippen molar-refractivity contribution in [3.63, 3.8) is 0 Å². The molecule has 0 unspecified atom stereocenters. The van der Waals surface area contributed by atoms with E-state index in [-0.39, 0.29) is 5.56 Å². The quantitative estimate of drug-likeness (QED) is 0.557. The SMILES string of the molecule is CC(=O)O[C@@H](CC(=O)O[C@H](C(=O)O)c1ccccc1)C(=O)P=O. The number of carbonyl (C=O) groups is 4. The molecule has 0 amide bonds. The summed E-state index contributed by atoms with van der Waals surface area (Å²) in [4.78, 5) is 45.2. The molecule has 0 saturated carbocycles. The molecule has 2 atom stereocenters. The summed E-state index contributed by atoms with van der Waals surface area (Å²) < 4.78 is 20.0. The van der Waals surface area contributed by atoms with Crippen LogP contribution in [0.4, 0.5) is 0 Å². The van der Waals surface area contributed by atoms with Gasteiger partial charge in [0.1, 0.15) is 0 Å². The van der Waals surface area contributed by atoms with E-state index in [2.05, 4.69) is 4.74 Å². The van der Waals surface area contributed by atoms with Crippen LogP contribution < -0.4 is 0 Å². The average Bonchev–Trinajstić information content (AvgIpc) is 2.51. The fourth-order valence-electron chi connectivity index (χ4n) is 1.66. The normalized spacial score (nSPS) is 12.9. The summed E-state index contributed by atoms with van der Waals surface area (Å²) in [5.74, 6) is -3.33. The largest absolute Gasteiger partial charge is 0.478 e. The van der Waals surface area contributed by atoms with Gasteiger partial charge in [0, 0.05) is 12.5 Å². The molecule has 0 heterocycles. The van der Waals surface area contributed by atoms with Gasteiger partial charge in [-0.2, -0.15) is 0 Å². The lowest BCUT2D eigenvalue weighted by Crippen LogP contribution is -2.28. The minimum atomic E-state index is -1.59. The van der Waals surface area contributed by atoms with E-state index < -0.39 is 50.5 Å². The second-order valence-electron chi connectivity index (χ2n) is 4.35. The van der Waals surface area contributed by atoms with E-state index in [1.54, 1.807) is 18.2 Å². The lowest BCUT2D eigenvalue weighted by molar-refractivity contribution is -0.168. The van der Waals surface area contributed by atoms with Gasteiger partial charge in [-0.15, -0.1) is 0 Å². The third-order valence-electron chi connectivity index (χ3n) is 2.60. The monoisotopic (exact) mass is 340 g/mol. The number of rotatable bonds is 8. The lowest BCUT2D eigenvalue weighted by atomic mass is 10.1. The summed E-state index contributed by atoms with van der Waals surface area (Å²) in [5.41, 5.74) is -0.797. The zero-order valence-corrected chi connectivity index (χ0v) is 12.9. The molecule has 0 fully saturated rings. The van der Waals surface area contributed by atoms with Gasteiger partial charge in [0.2, 0.25) is 14.6 Å². The molecule has 0 aromatic heterocycles. The molecule has 23 heavy (non-hydrogen) atoms. The number of benzene rings is 1. The molecular weight excluding hydrogens is 327 g/mol. The van der Waals surface area contributed by atoms with Crippen LogP contribution in [0.3, 0.4) is 0 Å². The molecule has 0 aliphatic rings. The predicted octanol–water partition coefficient (Wildman–Crippen LogP) is 1.50. The predicted molar refractivity (Wildman–Crippen MR) is 75.7 cm³/mol. The molecule has 0 spiro atoms. The van der Waals surface area contributed by atoms with E-state index in [1.165, 1.54) is 12.1 Å². The molecule has 1 aromatic carbocycles. The molecule has 0 saturated heterocycles. The zero-order valence-electron chi connectivity index (χ0n) is 12.0. The molecule has 1 N–H and O–H groups in total. The highest BCUT2D eigenvalue weighted by Gasteiger charge is 2.30. The molecule has 0 radical (unpaired) electrons. The number of hydrogen-bond acceptors (Lipinski definition) is 7. The van der Waals surface area contributed by atoms with Gasteiger partial charge in [-0.3, -0.25) is 18.9 Å². The second-order valence-corrected chi connectivity index (χ2v) is 4.97. The van der Waals surface area contributed by atoms with Crippen LogP contribution in [0.1, 0.15) is 25.0 Å². The average molecular weight is 340 g/mol. The maximum absolute atomic E-state index is 11.8. The smallest absolute Gasteiger partial charge is 0.349 e. The van der Waals surface area contributed by atoms with Gasteiger partial charge < -0.3 is 14.6 Å². The molecule has 1 rings (SSSR count). The Morgan fingerprint density at radius 1 is 1.13 bits per heavy atom. The Bertz CT molecular complexity index is 612. The van der Waals surface area contributed by atoms with E-state index in [1.807, 2.05) is 0 Å². The molecule has 0 aliphatic carbocycles. The van der Waals surface area contributed by atoms with Crippen LogP contribution in [-0.2, 0) is 33.2 Å². The van der Waals surface area contributed by atoms with E-state index in [0.717, 1.165) is 6.92 Å². The highest BCUT2D eigenvalue weighted by molar-refractivity contribution is 7.46. The van der Waals surface area contributed by atoms with Gasteiger partial charge in [-0.1, -0.05) is 30.3 Å². The molecule has 0 bridgehead atoms. The molecule has 0 aliphatic heterocycles. The third-order valence-corrected chi connectivity index (χ3v) is 3.07. The second kappa shape index (κ2) is 8.75. The number of hydrogen-bond donors (Lipinski definition) is 1. The number of carboxylic acids is 1. The van der Waals surface area contributed by atoms with Gasteiger partial charge in [0.15, 0.2) is 6.10 Å². The van der Waals surface area contributed by atoms with Gasteiger partial charge in [0.05, 0.1) is 6.42 Å². The van der Waals surface area contributed by atoms with Gasteiger partial charge in [0.25, 0.3) is 5.52 Å². The third kappa shape index (κ3) is 5.96. The Balaban J connectivity index is 2.82. The van der Waals surface area contributed by atoms with Crippen LogP contribution in [-0.4, -0.2) is 34.6 Å². The van der Waals surface area contributed by atoms with Crippen molar-refractivity contribution in [2.45, 2.75) is 25.6 Å².